The summed E-state index contributed by atoms with van der Waals surface area (Å²) in [6.07, 6.45) is 5.36. The average molecular weight is 307 g/mol. The Labute approximate surface area is 133 Å². The molecule has 4 saturated carbocycles. The number of amides is 1. The smallest absolute Gasteiger partial charge is 0.309 e. The second-order valence-electron chi connectivity index (χ2n) is 8.38. The van der Waals surface area contributed by atoms with Crippen LogP contribution in [0.5, 0.6) is 0 Å². The van der Waals surface area contributed by atoms with E-state index in [-0.39, 0.29) is 29.8 Å². The molecule has 0 heterocycles. The summed E-state index contributed by atoms with van der Waals surface area (Å²) < 4.78 is 5.88. The van der Waals surface area contributed by atoms with Crippen LogP contribution < -0.4 is 5.73 Å². The van der Waals surface area contributed by atoms with Gasteiger partial charge < -0.3 is 10.5 Å². The maximum atomic E-state index is 12.4. The fourth-order valence-electron chi connectivity index (χ4n) is 5.12. The van der Waals surface area contributed by atoms with Gasteiger partial charge in [0, 0.05) is 5.92 Å². The van der Waals surface area contributed by atoms with Crippen LogP contribution in [0, 0.1) is 35.0 Å². The third kappa shape index (κ3) is 2.55. The van der Waals surface area contributed by atoms with E-state index in [2.05, 4.69) is 20.8 Å². The van der Waals surface area contributed by atoms with Crippen LogP contribution in [0.3, 0.4) is 0 Å². The van der Waals surface area contributed by atoms with Crippen LogP contribution in [0.1, 0.15) is 59.3 Å². The number of primary amides is 1. The van der Waals surface area contributed by atoms with Crippen molar-refractivity contribution in [3.63, 3.8) is 0 Å². The van der Waals surface area contributed by atoms with Gasteiger partial charge in [-0.25, -0.2) is 0 Å². The summed E-state index contributed by atoms with van der Waals surface area (Å²) in [6.45, 7) is 6.95. The lowest BCUT2D eigenvalue weighted by Gasteiger charge is -2.61. The quantitative estimate of drug-likeness (QED) is 0.815. The molecule has 0 radical (unpaired) electrons. The first-order valence-corrected chi connectivity index (χ1v) is 8.80. The van der Waals surface area contributed by atoms with Crippen molar-refractivity contribution in [2.75, 3.05) is 0 Å². The zero-order valence-corrected chi connectivity index (χ0v) is 14.0. The van der Waals surface area contributed by atoms with Crippen molar-refractivity contribution in [1.82, 2.24) is 0 Å². The third-order valence-corrected chi connectivity index (χ3v) is 7.01. The summed E-state index contributed by atoms with van der Waals surface area (Å²) in [4.78, 5) is 23.6. The number of nitrogens with two attached hydrogens (primary N) is 1. The molecule has 0 spiro atoms. The number of fused-ring (bicyclic) bond motifs is 2. The number of carbonyl (C=O) groups excluding carboxylic acids is 2. The lowest BCUT2D eigenvalue weighted by molar-refractivity contribution is -0.190. The van der Waals surface area contributed by atoms with E-state index in [1.807, 2.05) is 0 Å². The number of ether oxygens (including phenoxy) is 1. The predicted molar refractivity (Wildman–Crippen MR) is 83.7 cm³/mol. The lowest BCUT2D eigenvalue weighted by atomic mass is 9.45. The van der Waals surface area contributed by atoms with E-state index in [9.17, 15) is 9.59 Å². The Bertz CT molecular complexity index is 465. The molecule has 2 bridgehead atoms. The van der Waals surface area contributed by atoms with E-state index in [0.717, 1.165) is 32.1 Å². The van der Waals surface area contributed by atoms with E-state index >= 15 is 0 Å². The zero-order valence-electron chi connectivity index (χ0n) is 14.0. The van der Waals surface area contributed by atoms with Crippen LogP contribution >= 0.6 is 0 Å². The van der Waals surface area contributed by atoms with Crippen molar-refractivity contribution in [2.45, 2.75) is 65.4 Å². The number of rotatable bonds is 3. The fraction of sp³-hybridized carbons (Fsp3) is 0.889. The van der Waals surface area contributed by atoms with Crippen molar-refractivity contribution < 1.29 is 14.3 Å². The summed E-state index contributed by atoms with van der Waals surface area (Å²) in [7, 11) is 0. The molecule has 0 aromatic rings. The summed E-state index contributed by atoms with van der Waals surface area (Å²) in [6, 6.07) is 0. The minimum absolute atomic E-state index is 0.0333. The highest BCUT2D eigenvalue weighted by Crippen LogP contribution is 2.61. The van der Waals surface area contributed by atoms with Gasteiger partial charge in [-0.05, 0) is 61.7 Å². The Morgan fingerprint density at radius 3 is 2.14 bits per heavy atom. The molecule has 0 aromatic heterocycles. The van der Waals surface area contributed by atoms with E-state index in [1.165, 1.54) is 6.42 Å². The molecular weight excluding hydrogens is 278 g/mol. The highest BCUT2D eigenvalue weighted by molar-refractivity contribution is 5.77. The minimum atomic E-state index is -0.227. The average Bonchev–Trinajstić information content (AvgIpc) is 2.48. The van der Waals surface area contributed by atoms with Crippen LogP contribution in [-0.2, 0) is 14.3 Å². The van der Waals surface area contributed by atoms with Crippen molar-refractivity contribution in [3.8, 4) is 0 Å². The molecular formula is C18H29NO3. The highest BCUT2D eigenvalue weighted by atomic mass is 16.5. The lowest BCUT2D eigenvalue weighted by Crippen LogP contribution is -2.57. The Morgan fingerprint density at radius 1 is 1.05 bits per heavy atom. The normalized spacial score (nSPS) is 43.0. The van der Waals surface area contributed by atoms with E-state index in [4.69, 9.17) is 10.5 Å². The first-order chi connectivity index (χ1) is 10.3. The van der Waals surface area contributed by atoms with Gasteiger partial charge in [-0.1, -0.05) is 20.8 Å². The SMILES string of the molecule is C[C@H]1[C@H]2C[C@H](C[C@H]1OC(=O)C1CCC(C(N)=O)CC1)C2(C)C. The number of carbonyl (C=O) groups is 2. The molecule has 0 aromatic carbocycles. The van der Waals surface area contributed by atoms with Gasteiger partial charge in [0.25, 0.3) is 0 Å². The van der Waals surface area contributed by atoms with Gasteiger partial charge in [-0.2, -0.15) is 0 Å². The second-order valence-corrected chi connectivity index (χ2v) is 8.38. The Hall–Kier alpha value is -1.06. The van der Waals surface area contributed by atoms with Crippen LogP contribution in [0.15, 0.2) is 0 Å². The Kier molecular flexibility index (Phi) is 3.98. The molecule has 4 aliphatic rings. The van der Waals surface area contributed by atoms with Gasteiger partial charge in [-0.15, -0.1) is 0 Å². The minimum Gasteiger partial charge on any atom is -0.462 e. The summed E-state index contributed by atoms with van der Waals surface area (Å²) >= 11 is 0. The molecule has 2 N–H and O–H groups in total. The molecule has 0 unspecified atom stereocenters. The van der Waals surface area contributed by atoms with Crippen LogP contribution in [-0.4, -0.2) is 18.0 Å². The van der Waals surface area contributed by atoms with Crippen molar-refractivity contribution in [3.05, 3.63) is 0 Å². The monoisotopic (exact) mass is 307 g/mol. The third-order valence-electron chi connectivity index (χ3n) is 7.01. The fourth-order valence-corrected chi connectivity index (χ4v) is 5.12. The van der Waals surface area contributed by atoms with Gasteiger partial charge in [0.2, 0.25) is 5.91 Å². The summed E-state index contributed by atoms with van der Waals surface area (Å²) in [5.41, 5.74) is 5.77. The van der Waals surface area contributed by atoms with Gasteiger partial charge in [0.1, 0.15) is 6.10 Å². The number of esters is 1. The van der Waals surface area contributed by atoms with E-state index in [0.29, 0.717) is 23.2 Å². The predicted octanol–water partition coefficient (Wildman–Crippen LogP) is 2.89. The molecule has 4 heteroatoms. The molecule has 0 saturated heterocycles. The van der Waals surface area contributed by atoms with Crippen molar-refractivity contribution in [2.24, 2.45) is 40.7 Å². The van der Waals surface area contributed by atoms with Crippen LogP contribution in [0.2, 0.25) is 0 Å². The maximum Gasteiger partial charge on any atom is 0.309 e. The van der Waals surface area contributed by atoms with Gasteiger partial charge in [-0.3, -0.25) is 9.59 Å². The van der Waals surface area contributed by atoms with Crippen LogP contribution in [0.4, 0.5) is 0 Å². The van der Waals surface area contributed by atoms with Crippen molar-refractivity contribution >= 4 is 11.9 Å². The number of hydrogen-bond donors (Lipinski definition) is 1. The largest absolute Gasteiger partial charge is 0.462 e. The molecule has 4 nitrogen and oxygen atoms in total. The molecule has 4 atom stereocenters. The van der Waals surface area contributed by atoms with Gasteiger partial charge >= 0.3 is 5.97 Å². The first kappa shape index (κ1) is 15.8. The molecule has 4 rings (SSSR count). The highest BCUT2D eigenvalue weighted by Gasteiger charge is 2.57. The zero-order chi connectivity index (χ0) is 16.1. The summed E-state index contributed by atoms with van der Waals surface area (Å²) in [5, 5.41) is 0. The van der Waals surface area contributed by atoms with E-state index in [1.54, 1.807) is 0 Å². The molecule has 4 fully saturated rings. The molecule has 124 valence electrons. The standard InChI is InChI=1S/C18H29NO3/c1-10-14-8-13(18(14,2)3)9-15(10)22-17(21)12-6-4-11(5-7-12)16(19)20/h10-15H,4-9H2,1-3H3,(H2,19,20)/t10-,11?,12?,13+,14+,15+/m0/s1. The number of hydrogen-bond acceptors (Lipinski definition) is 3. The van der Waals surface area contributed by atoms with Gasteiger partial charge in [0.05, 0.1) is 5.92 Å². The summed E-state index contributed by atoms with van der Waals surface area (Å²) in [5.74, 6) is 1.51. The molecule has 4 aliphatic carbocycles. The Morgan fingerprint density at radius 2 is 1.64 bits per heavy atom. The van der Waals surface area contributed by atoms with Crippen LogP contribution in [0.25, 0.3) is 0 Å². The molecule has 1 amide bonds. The molecule has 0 aliphatic heterocycles. The first-order valence-electron chi connectivity index (χ1n) is 8.80. The second kappa shape index (κ2) is 5.54. The van der Waals surface area contributed by atoms with E-state index < -0.39 is 0 Å². The topological polar surface area (TPSA) is 69.4 Å². The van der Waals surface area contributed by atoms with Gasteiger partial charge in [0.15, 0.2) is 0 Å². The van der Waals surface area contributed by atoms with Crippen molar-refractivity contribution in [1.29, 1.82) is 0 Å². The Balaban J connectivity index is 1.52. The maximum absolute atomic E-state index is 12.4. The molecule has 22 heavy (non-hydrogen) atoms.